The molecule has 2 unspecified atom stereocenters. The van der Waals surface area contributed by atoms with Gasteiger partial charge in [-0.25, -0.2) is 0 Å². The van der Waals surface area contributed by atoms with Gasteiger partial charge >= 0.3 is 0 Å². The summed E-state index contributed by atoms with van der Waals surface area (Å²) in [7, 11) is 0. The summed E-state index contributed by atoms with van der Waals surface area (Å²) in [5.41, 5.74) is 4.14. The molecule has 1 aliphatic heterocycles. The third-order valence-electron chi connectivity index (χ3n) is 4.07. The van der Waals surface area contributed by atoms with E-state index in [2.05, 4.69) is 63.0 Å². The fraction of sp³-hybridized carbons (Fsp3) is 0.625. The van der Waals surface area contributed by atoms with E-state index in [9.17, 15) is 0 Å². The molecule has 18 heavy (non-hydrogen) atoms. The molecule has 1 aliphatic rings. The molecule has 2 heteroatoms. The lowest BCUT2D eigenvalue weighted by molar-refractivity contribution is 0.336. The molecule has 0 aromatic heterocycles. The zero-order valence-corrected chi connectivity index (χ0v) is 12.3. The topological polar surface area (TPSA) is 15.3 Å². The molecule has 0 aliphatic carbocycles. The van der Waals surface area contributed by atoms with Crippen molar-refractivity contribution in [3.8, 4) is 0 Å². The molecule has 0 spiro atoms. The summed E-state index contributed by atoms with van der Waals surface area (Å²) in [4.78, 5) is 2.57. The van der Waals surface area contributed by atoms with E-state index in [1.807, 2.05) is 0 Å². The predicted molar refractivity (Wildman–Crippen MR) is 79.4 cm³/mol. The molecular weight excluding hydrogens is 220 g/mol. The second-order valence-electron chi connectivity index (χ2n) is 6.05. The van der Waals surface area contributed by atoms with E-state index >= 15 is 0 Å². The molecule has 2 nitrogen and oxygen atoms in total. The van der Waals surface area contributed by atoms with Gasteiger partial charge in [-0.1, -0.05) is 31.5 Å². The van der Waals surface area contributed by atoms with Crippen LogP contribution in [0.3, 0.4) is 0 Å². The van der Waals surface area contributed by atoms with E-state index in [0.717, 1.165) is 13.1 Å². The van der Waals surface area contributed by atoms with Crippen molar-refractivity contribution >= 4 is 5.69 Å². The van der Waals surface area contributed by atoms with Crippen LogP contribution in [-0.4, -0.2) is 25.2 Å². The molecule has 1 fully saturated rings. The normalized spacial score (nSPS) is 24.7. The quantitative estimate of drug-likeness (QED) is 0.862. The lowest BCUT2D eigenvalue weighted by Crippen LogP contribution is -2.57. The van der Waals surface area contributed by atoms with Crippen molar-refractivity contribution < 1.29 is 0 Å². The summed E-state index contributed by atoms with van der Waals surface area (Å²) in [6, 6.07) is 7.96. The van der Waals surface area contributed by atoms with E-state index in [0.29, 0.717) is 18.0 Å². The summed E-state index contributed by atoms with van der Waals surface area (Å²) in [6.07, 6.45) is 0. The zero-order chi connectivity index (χ0) is 13.3. The summed E-state index contributed by atoms with van der Waals surface area (Å²) < 4.78 is 0. The van der Waals surface area contributed by atoms with Crippen LogP contribution in [0.1, 0.15) is 31.9 Å². The van der Waals surface area contributed by atoms with Crippen molar-refractivity contribution in [3.63, 3.8) is 0 Å². The van der Waals surface area contributed by atoms with Gasteiger partial charge in [0.1, 0.15) is 0 Å². The first-order valence-corrected chi connectivity index (χ1v) is 7.06. The van der Waals surface area contributed by atoms with Crippen LogP contribution in [-0.2, 0) is 0 Å². The van der Waals surface area contributed by atoms with E-state index in [-0.39, 0.29) is 0 Å². The zero-order valence-electron chi connectivity index (χ0n) is 12.3. The van der Waals surface area contributed by atoms with Crippen LogP contribution in [0.4, 0.5) is 5.69 Å². The minimum atomic E-state index is 0.571. The molecule has 1 aromatic rings. The summed E-state index contributed by atoms with van der Waals surface area (Å²) in [5.74, 6) is 0.686. The van der Waals surface area contributed by atoms with Crippen molar-refractivity contribution in [2.24, 2.45) is 5.92 Å². The third-order valence-corrected chi connectivity index (χ3v) is 4.07. The Morgan fingerprint density at radius 3 is 2.61 bits per heavy atom. The molecule has 1 N–H and O–H groups in total. The average molecular weight is 246 g/mol. The number of aryl methyl sites for hydroxylation is 2. The number of nitrogens with one attached hydrogen (secondary N) is 1. The maximum absolute atomic E-state index is 3.66. The van der Waals surface area contributed by atoms with Crippen LogP contribution in [0.15, 0.2) is 18.2 Å². The SMILES string of the molecule is Cc1ccc(N2CC(C(C)C)NCC2C)c(C)c1. The molecule has 0 bridgehead atoms. The lowest BCUT2D eigenvalue weighted by Gasteiger charge is -2.42. The van der Waals surface area contributed by atoms with Crippen molar-refractivity contribution in [1.29, 1.82) is 0 Å². The average Bonchev–Trinajstić information content (AvgIpc) is 2.30. The standard InChI is InChI=1S/C16H26N2/c1-11(2)15-10-18(14(5)9-17-15)16-7-6-12(3)8-13(16)4/h6-8,11,14-15,17H,9-10H2,1-5H3. The minimum Gasteiger partial charge on any atom is -0.366 e. The molecule has 2 rings (SSSR count). The largest absolute Gasteiger partial charge is 0.366 e. The predicted octanol–water partition coefficient (Wildman–Crippen LogP) is 3.13. The van der Waals surface area contributed by atoms with Crippen molar-refractivity contribution in [3.05, 3.63) is 29.3 Å². The Kier molecular flexibility index (Phi) is 3.96. The number of piperazine rings is 1. The van der Waals surface area contributed by atoms with Gasteiger partial charge in [0.2, 0.25) is 0 Å². The Hall–Kier alpha value is -1.02. The van der Waals surface area contributed by atoms with Gasteiger partial charge in [-0.3, -0.25) is 0 Å². The molecule has 2 atom stereocenters. The van der Waals surface area contributed by atoms with Gasteiger partial charge in [0.25, 0.3) is 0 Å². The molecule has 0 radical (unpaired) electrons. The van der Waals surface area contributed by atoms with Crippen LogP contribution in [0.2, 0.25) is 0 Å². The molecule has 1 saturated heterocycles. The van der Waals surface area contributed by atoms with Gasteiger partial charge in [0.05, 0.1) is 0 Å². The number of rotatable bonds is 2. The number of nitrogens with zero attached hydrogens (tertiary/aromatic N) is 1. The maximum Gasteiger partial charge on any atom is 0.0399 e. The fourth-order valence-corrected chi connectivity index (χ4v) is 2.80. The second kappa shape index (κ2) is 5.31. The monoisotopic (exact) mass is 246 g/mol. The Morgan fingerprint density at radius 1 is 1.28 bits per heavy atom. The number of hydrogen-bond acceptors (Lipinski definition) is 2. The Morgan fingerprint density at radius 2 is 2.00 bits per heavy atom. The van der Waals surface area contributed by atoms with Gasteiger partial charge in [0.15, 0.2) is 0 Å². The van der Waals surface area contributed by atoms with E-state index in [1.54, 1.807) is 0 Å². The highest BCUT2D eigenvalue weighted by Crippen LogP contribution is 2.26. The van der Waals surface area contributed by atoms with E-state index in [4.69, 9.17) is 0 Å². The molecule has 0 saturated carbocycles. The molecule has 0 amide bonds. The second-order valence-corrected chi connectivity index (χ2v) is 6.05. The third kappa shape index (κ3) is 2.69. The highest BCUT2D eigenvalue weighted by molar-refractivity contribution is 5.55. The Balaban J connectivity index is 2.24. The van der Waals surface area contributed by atoms with Crippen LogP contribution < -0.4 is 10.2 Å². The highest BCUT2D eigenvalue weighted by atomic mass is 15.2. The van der Waals surface area contributed by atoms with Gasteiger partial charge in [0, 0.05) is 30.9 Å². The highest BCUT2D eigenvalue weighted by Gasteiger charge is 2.27. The van der Waals surface area contributed by atoms with Crippen molar-refractivity contribution in [2.45, 2.75) is 46.7 Å². The number of hydrogen-bond donors (Lipinski definition) is 1. The summed E-state index contributed by atoms with van der Waals surface area (Å²) in [5, 5.41) is 3.66. The first-order chi connectivity index (χ1) is 8.49. The Labute approximate surface area is 111 Å². The first-order valence-electron chi connectivity index (χ1n) is 7.06. The van der Waals surface area contributed by atoms with Crippen LogP contribution >= 0.6 is 0 Å². The van der Waals surface area contributed by atoms with Gasteiger partial charge in [-0.15, -0.1) is 0 Å². The van der Waals surface area contributed by atoms with Gasteiger partial charge in [-0.05, 0) is 38.3 Å². The summed E-state index contributed by atoms with van der Waals surface area (Å²) >= 11 is 0. The number of benzene rings is 1. The number of anilines is 1. The van der Waals surface area contributed by atoms with Crippen molar-refractivity contribution in [2.75, 3.05) is 18.0 Å². The van der Waals surface area contributed by atoms with Crippen LogP contribution in [0, 0.1) is 19.8 Å². The van der Waals surface area contributed by atoms with Gasteiger partial charge < -0.3 is 10.2 Å². The molecule has 100 valence electrons. The first kappa shape index (κ1) is 13.4. The van der Waals surface area contributed by atoms with E-state index in [1.165, 1.54) is 16.8 Å². The van der Waals surface area contributed by atoms with Crippen molar-refractivity contribution in [1.82, 2.24) is 5.32 Å². The Bertz CT molecular complexity index is 412. The summed E-state index contributed by atoms with van der Waals surface area (Å²) in [6.45, 7) is 13.5. The van der Waals surface area contributed by atoms with E-state index < -0.39 is 0 Å². The lowest BCUT2D eigenvalue weighted by atomic mass is 9.98. The molecule has 1 heterocycles. The smallest absolute Gasteiger partial charge is 0.0399 e. The van der Waals surface area contributed by atoms with Gasteiger partial charge in [-0.2, -0.15) is 0 Å². The maximum atomic E-state index is 3.66. The molecule has 1 aromatic carbocycles. The van der Waals surface area contributed by atoms with Crippen LogP contribution in [0.25, 0.3) is 0 Å². The minimum absolute atomic E-state index is 0.571. The fourth-order valence-electron chi connectivity index (χ4n) is 2.80. The molecular formula is C16H26N2. The van der Waals surface area contributed by atoms with Crippen LogP contribution in [0.5, 0.6) is 0 Å².